The van der Waals surface area contributed by atoms with Crippen molar-refractivity contribution in [2.75, 3.05) is 6.61 Å². The maximum absolute atomic E-state index is 12.1. The molecule has 1 atom stereocenters. The standard InChI is InChI=1S/C12H15N2O3P/c1-3-8-17-18(15,16)12-9-14(2)13-11-7-5-4-6-10(11)12/h4-7,9H,3,8H2,1-2H3. The molecule has 18 heavy (non-hydrogen) atoms. The lowest BCUT2D eigenvalue weighted by Crippen LogP contribution is -2.38. The Labute approximate surface area is 106 Å². The van der Waals surface area contributed by atoms with Crippen LogP contribution in [0.2, 0.25) is 0 Å². The molecule has 1 heterocycles. The molecule has 0 bridgehead atoms. The van der Waals surface area contributed by atoms with Gasteiger partial charge in [-0.1, -0.05) is 29.8 Å². The van der Waals surface area contributed by atoms with E-state index in [2.05, 4.69) is 5.10 Å². The van der Waals surface area contributed by atoms with E-state index < -0.39 is 7.60 Å². The van der Waals surface area contributed by atoms with Gasteiger partial charge in [0.15, 0.2) is 14.6 Å². The van der Waals surface area contributed by atoms with Crippen molar-refractivity contribution in [3.8, 4) is 0 Å². The lowest BCUT2D eigenvalue weighted by Gasteiger charge is -2.22. The van der Waals surface area contributed by atoms with Crippen molar-refractivity contribution in [3.63, 3.8) is 0 Å². The Morgan fingerprint density at radius 1 is 1.44 bits per heavy atom. The zero-order chi connectivity index (χ0) is 13.2. The molecule has 0 spiro atoms. The van der Waals surface area contributed by atoms with Gasteiger partial charge in [-0.3, -0.25) is 0 Å². The molecule has 1 aromatic heterocycles. The maximum Gasteiger partial charge on any atom is 0.208 e. The van der Waals surface area contributed by atoms with Crippen molar-refractivity contribution < 1.29 is 18.7 Å². The molecular formula is C12H15N2O3P. The average Bonchev–Trinajstić information content (AvgIpc) is 2.35. The lowest BCUT2D eigenvalue weighted by molar-refractivity contribution is -0.727. The summed E-state index contributed by atoms with van der Waals surface area (Å²) in [4.78, 5) is 12.1. The summed E-state index contributed by atoms with van der Waals surface area (Å²) in [6.45, 7) is 2.06. The molecule has 96 valence electrons. The number of aromatic nitrogens is 2. The molecule has 0 saturated carbocycles. The van der Waals surface area contributed by atoms with Gasteiger partial charge in [0.25, 0.3) is 0 Å². The third-order valence-electron chi connectivity index (χ3n) is 2.52. The van der Waals surface area contributed by atoms with Crippen molar-refractivity contribution in [3.05, 3.63) is 30.5 Å². The second-order valence-electron chi connectivity index (χ2n) is 4.04. The molecule has 6 heteroatoms. The maximum atomic E-state index is 12.1. The van der Waals surface area contributed by atoms with Crippen LogP contribution in [0.3, 0.4) is 0 Å². The summed E-state index contributed by atoms with van der Waals surface area (Å²) in [5.41, 5.74) is 0.633. The molecule has 2 rings (SSSR count). The Morgan fingerprint density at radius 3 is 2.89 bits per heavy atom. The molecule has 0 aliphatic carbocycles. The van der Waals surface area contributed by atoms with E-state index in [9.17, 15) is 9.46 Å². The second-order valence-corrected chi connectivity index (χ2v) is 5.77. The first-order valence-electron chi connectivity index (χ1n) is 5.76. The smallest absolute Gasteiger partial charge is 0.208 e. The summed E-state index contributed by atoms with van der Waals surface area (Å²) in [7, 11) is -2.35. The predicted molar refractivity (Wildman–Crippen MR) is 66.4 cm³/mol. The van der Waals surface area contributed by atoms with Crippen LogP contribution < -0.4 is 14.9 Å². The largest absolute Gasteiger partial charge is 0.775 e. The van der Waals surface area contributed by atoms with Gasteiger partial charge < -0.3 is 14.0 Å². The van der Waals surface area contributed by atoms with Crippen LogP contribution in [0.1, 0.15) is 13.3 Å². The highest BCUT2D eigenvalue weighted by molar-refractivity contribution is 7.60. The Hall–Kier alpha value is -1.29. The van der Waals surface area contributed by atoms with Gasteiger partial charge in [-0.15, -0.1) is 0 Å². The summed E-state index contributed by atoms with van der Waals surface area (Å²) in [6, 6.07) is 7.12. The van der Waals surface area contributed by atoms with Crippen LogP contribution in [-0.4, -0.2) is 11.7 Å². The van der Waals surface area contributed by atoms with E-state index in [0.29, 0.717) is 17.3 Å². The zero-order valence-corrected chi connectivity index (χ0v) is 11.3. The minimum absolute atomic E-state index is 0.184. The van der Waals surface area contributed by atoms with E-state index >= 15 is 0 Å². The summed E-state index contributed by atoms with van der Waals surface area (Å²) in [5.74, 6) is 0. The van der Waals surface area contributed by atoms with Crippen LogP contribution in [0, 0.1) is 0 Å². The highest BCUT2D eigenvalue weighted by Gasteiger charge is 2.20. The van der Waals surface area contributed by atoms with E-state index in [1.165, 1.54) is 10.9 Å². The van der Waals surface area contributed by atoms with Gasteiger partial charge in [0.1, 0.15) is 5.52 Å². The molecule has 0 radical (unpaired) electrons. The summed E-state index contributed by atoms with van der Waals surface area (Å²) in [5, 5.41) is 5.00. The summed E-state index contributed by atoms with van der Waals surface area (Å²) >= 11 is 0. The molecule has 0 saturated heterocycles. The van der Waals surface area contributed by atoms with E-state index in [4.69, 9.17) is 4.52 Å². The fraction of sp³-hybridized carbons (Fsp3) is 0.333. The molecule has 0 aliphatic rings. The molecule has 1 unspecified atom stereocenters. The molecule has 0 N–H and O–H groups in total. The number of benzene rings is 1. The summed E-state index contributed by atoms with van der Waals surface area (Å²) in [6.07, 6.45) is 2.13. The van der Waals surface area contributed by atoms with Crippen LogP contribution in [0.25, 0.3) is 10.9 Å². The molecule has 1 aromatic carbocycles. The van der Waals surface area contributed by atoms with Crippen molar-refractivity contribution in [1.82, 2.24) is 5.10 Å². The SMILES string of the molecule is CCCOP(=O)([O-])c1c[n+](C)nc2ccccc12. The van der Waals surface area contributed by atoms with Gasteiger partial charge in [-0.05, 0) is 17.6 Å². The highest BCUT2D eigenvalue weighted by Crippen LogP contribution is 2.37. The molecule has 5 nitrogen and oxygen atoms in total. The first-order valence-corrected chi connectivity index (χ1v) is 7.30. The molecular weight excluding hydrogens is 251 g/mol. The normalized spacial score (nSPS) is 14.6. The molecule has 0 fully saturated rings. The second kappa shape index (κ2) is 5.14. The van der Waals surface area contributed by atoms with Gasteiger partial charge in [0.2, 0.25) is 6.20 Å². The number of rotatable bonds is 4. The topological polar surface area (TPSA) is 66.1 Å². The van der Waals surface area contributed by atoms with Crippen LogP contribution >= 0.6 is 7.60 Å². The molecule has 0 aliphatic heterocycles. The van der Waals surface area contributed by atoms with E-state index in [1.807, 2.05) is 13.0 Å². The van der Waals surface area contributed by atoms with Crippen molar-refractivity contribution in [1.29, 1.82) is 0 Å². The van der Waals surface area contributed by atoms with Crippen molar-refractivity contribution in [2.45, 2.75) is 13.3 Å². The van der Waals surface area contributed by atoms with Gasteiger partial charge in [0, 0.05) is 5.39 Å². The Morgan fingerprint density at radius 2 is 2.17 bits per heavy atom. The molecule has 2 aromatic rings. The number of fused-ring (bicyclic) bond motifs is 1. The zero-order valence-electron chi connectivity index (χ0n) is 10.4. The Bertz CT molecular complexity index is 615. The predicted octanol–water partition coefficient (Wildman–Crippen LogP) is 0.665. The number of hydrogen-bond donors (Lipinski definition) is 0. The van der Waals surface area contributed by atoms with Gasteiger partial charge in [-0.25, -0.2) is 0 Å². The fourth-order valence-corrected chi connectivity index (χ4v) is 3.08. The van der Waals surface area contributed by atoms with E-state index in [-0.39, 0.29) is 11.9 Å². The van der Waals surface area contributed by atoms with Gasteiger partial charge in [-0.2, -0.15) is 0 Å². The van der Waals surface area contributed by atoms with E-state index in [0.717, 1.165) is 0 Å². The lowest BCUT2D eigenvalue weighted by atomic mass is 10.2. The third kappa shape index (κ3) is 2.58. The van der Waals surface area contributed by atoms with Crippen molar-refractivity contribution >= 4 is 23.8 Å². The first kappa shape index (κ1) is 13.1. The Kier molecular flexibility index (Phi) is 3.76. The summed E-state index contributed by atoms with van der Waals surface area (Å²) < 4.78 is 18.6. The average molecular weight is 266 g/mol. The van der Waals surface area contributed by atoms with Crippen LogP contribution in [0.5, 0.6) is 0 Å². The van der Waals surface area contributed by atoms with Gasteiger partial charge >= 0.3 is 0 Å². The van der Waals surface area contributed by atoms with Crippen molar-refractivity contribution in [2.24, 2.45) is 7.05 Å². The molecule has 0 amide bonds. The van der Waals surface area contributed by atoms with E-state index in [1.54, 1.807) is 25.2 Å². The Balaban J connectivity index is 2.59. The van der Waals surface area contributed by atoms with Crippen LogP contribution in [0.15, 0.2) is 30.5 Å². The highest BCUT2D eigenvalue weighted by atomic mass is 31.2. The monoisotopic (exact) mass is 266 g/mol. The minimum Gasteiger partial charge on any atom is -0.775 e. The fourth-order valence-electron chi connectivity index (χ4n) is 1.72. The van der Waals surface area contributed by atoms with Crippen LogP contribution in [0.4, 0.5) is 0 Å². The third-order valence-corrected chi connectivity index (χ3v) is 3.98. The minimum atomic E-state index is -4.04. The first-order chi connectivity index (χ1) is 8.54. The number of hydrogen-bond acceptors (Lipinski definition) is 4. The number of aryl methyl sites for hydroxylation is 1. The quantitative estimate of drug-likeness (QED) is 0.602. The van der Waals surface area contributed by atoms with Gasteiger partial charge in [0.05, 0.1) is 11.9 Å². The van der Waals surface area contributed by atoms with Crippen LogP contribution in [-0.2, 0) is 16.1 Å². The number of nitrogens with zero attached hydrogens (tertiary/aromatic N) is 2.